The highest BCUT2D eigenvalue weighted by atomic mass is 32.2. The molecule has 1 amide bonds. The van der Waals surface area contributed by atoms with Gasteiger partial charge in [0, 0.05) is 6.54 Å². The number of ether oxygens (including phenoxy) is 1. The van der Waals surface area contributed by atoms with E-state index in [1.807, 2.05) is 0 Å². The second-order valence-corrected chi connectivity index (χ2v) is 11.3. The Morgan fingerprint density at radius 3 is 2.85 bits per heavy atom. The van der Waals surface area contributed by atoms with E-state index in [1.54, 1.807) is 41.1 Å². The Morgan fingerprint density at radius 1 is 1.33 bits per heavy atom. The molecule has 0 bridgehead atoms. The summed E-state index contributed by atoms with van der Waals surface area (Å²) < 4.78 is 34.9. The Kier molecular flexibility index (Phi) is 6.81. The van der Waals surface area contributed by atoms with Gasteiger partial charge in [-0.05, 0) is 49.4 Å². The van der Waals surface area contributed by atoms with Crippen LogP contribution in [0.3, 0.4) is 0 Å². The third kappa shape index (κ3) is 4.52. The minimum Gasteiger partial charge on any atom is -0.462 e. The van der Waals surface area contributed by atoms with Crippen molar-refractivity contribution >= 4 is 54.8 Å². The van der Waals surface area contributed by atoms with E-state index in [4.69, 9.17) is 11.2 Å². The number of esters is 1. The van der Waals surface area contributed by atoms with Crippen LogP contribution in [0.15, 0.2) is 44.9 Å². The predicted molar refractivity (Wildman–Crippen MR) is 126 cm³/mol. The van der Waals surface area contributed by atoms with Gasteiger partial charge in [0.05, 0.1) is 28.9 Å². The van der Waals surface area contributed by atoms with Crippen LogP contribution in [-0.2, 0) is 26.1 Å². The van der Waals surface area contributed by atoms with Crippen LogP contribution in [0.2, 0.25) is 0 Å². The van der Waals surface area contributed by atoms with Gasteiger partial charge < -0.3 is 9.30 Å². The summed E-state index contributed by atoms with van der Waals surface area (Å²) in [4.78, 5) is 29.9. The summed E-state index contributed by atoms with van der Waals surface area (Å²) in [6.07, 6.45) is 6.51. The zero-order chi connectivity index (χ0) is 23.6. The molecule has 4 rings (SSSR count). The minimum atomic E-state index is -3.76. The van der Waals surface area contributed by atoms with Gasteiger partial charge in [-0.25, -0.2) is 13.2 Å². The molecule has 33 heavy (non-hydrogen) atoms. The molecule has 3 heterocycles. The molecule has 1 saturated heterocycles. The standard InChI is InChI=1S/C22H21N3O5S3/c1-3-11-24-16-10-9-15(21(27)30-4-2)14-18(16)32-22(24)23-20(26)17-7-5-12-25(17)33(28,29)19-8-6-13-31-19/h1,6,8-10,13-14,17H,4-5,7,11-12H2,2H3. The van der Waals surface area contributed by atoms with Gasteiger partial charge in [0.1, 0.15) is 10.3 Å². The van der Waals surface area contributed by atoms with Crippen molar-refractivity contribution in [1.82, 2.24) is 8.87 Å². The van der Waals surface area contributed by atoms with Gasteiger partial charge in [-0.2, -0.15) is 9.30 Å². The molecular formula is C22H21N3O5S3. The van der Waals surface area contributed by atoms with Crippen LogP contribution in [-0.4, -0.2) is 48.4 Å². The molecule has 172 valence electrons. The fourth-order valence-electron chi connectivity index (χ4n) is 3.71. The number of amides is 1. The number of fused-ring (bicyclic) bond motifs is 1. The van der Waals surface area contributed by atoms with Gasteiger partial charge in [-0.3, -0.25) is 4.79 Å². The van der Waals surface area contributed by atoms with E-state index in [9.17, 15) is 18.0 Å². The highest BCUT2D eigenvalue weighted by Gasteiger charge is 2.40. The summed E-state index contributed by atoms with van der Waals surface area (Å²) in [5.74, 6) is 1.59. The zero-order valence-corrected chi connectivity index (χ0v) is 20.2. The number of hydrogen-bond acceptors (Lipinski definition) is 7. The Morgan fingerprint density at radius 2 is 2.15 bits per heavy atom. The number of thiazole rings is 1. The molecule has 0 spiro atoms. The average Bonchev–Trinajstić information content (AvgIpc) is 3.55. The zero-order valence-electron chi connectivity index (χ0n) is 17.8. The van der Waals surface area contributed by atoms with Crippen molar-refractivity contribution in [3.8, 4) is 12.3 Å². The lowest BCUT2D eigenvalue weighted by molar-refractivity contribution is -0.121. The van der Waals surface area contributed by atoms with Gasteiger partial charge in [0.25, 0.3) is 15.9 Å². The maximum Gasteiger partial charge on any atom is 0.338 e. The lowest BCUT2D eigenvalue weighted by Crippen LogP contribution is -2.40. The lowest BCUT2D eigenvalue weighted by atomic mass is 10.2. The maximum atomic E-state index is 13.1. The second kappa shape index (κ2) is 9.61. The fourth-order valence-corrected chi connectivity index (χ4v) is 7.56. The smallest absolute Gasteiger partial charge is 0.338 e. The predicted octanol–water partition coefficient (Wildman–Crippen LogP) is 2.85. The monoisotopic (exact) mass is 503 g/mol. The van der Waals surface area contributed by atoms with Crippen LogP contribution in [0.5, 0.6) is 0 Å². The van der Waals surface area contributed by atoms with Crippen molar-refractivity contribution in [3.05, 3.63) is 46.1 Å². The molecule has 0 radical (unpaired) electrons. The van der Waals surface area contributed by atoms with Crippen molar-refractivity contribution in [2.75, 3.05) is 13.2 Å². The number of benzene rings is 1. The Hall–Kier alpha value is -2.78. The van der Waals surface area contributed by atoms with E-state index in [-0.39, 0.29) is 23.9 Å². The number of sulfonamides is 1. The minimum absolute atomic E-state index is 0.173. The van der Waals surface area contributed by atoms with Crippen molar-refractivity contribution in [2.24, 2.45) is 4.99 Å². The Labute approximate surface area is 199 Å². The van der Waals surface area contributed by atoms with Crippen molar-refractivity contribution in [2.45, 2.75) is 36.6 Å². The summed E-state index contributed by atoms with van der Waals surface area (Å²) in [7, 11) is -3.76. The molecular weight excluding hydrogens is 482 g/mol. The van der Waals surface area contributed by atoms with E-state index in [2.05, 4.69) is 10.9 Å². The van der Waals surface area contributed by atoms with Gasteiger partial charge in [-0.1, -0.05) is 23.3 Å². The molecule has 1 aliphatic rings. The quantitative estimate of drug-likeness (QED) is 0.381. The largest absolute Gasteiger partial charge is 0.462 e. The molecule has 11 heteroatoms. The highest BCUT2D eigenvalue weighted by molar-refractivity contribution is 7.91. The first-order valence-electron chi connectivity index (χ1n) is 10.2. The molecule has 0 N–H and O–H groups in total. The van der Waals surface area contributed by atoms with Crippen molar-refractivity contribution < 1.29 is 22.7 Å². The van der Waals surface area contributed by atoms with Crippen molar-refractivity contribution in [3.63, 3.8) is 0 Å². The molecule has 1 atom stereocenters. The van der Waals surface area contributed by atoms with E-state index >= 15 is 0 Å². The number of nitrogens with zero attached hydrogens (tertiary/aromatic N) is 3. The van der Waals surface area contributed by atoms with Crippen LogP contribution in [0.1, 0.15) is 30.1 Å². The molecule has 1 fully saturated rings. The topological polar surface area (TPSA) is 98.0 Å². The molecule has 3 aromatic rings. The first-order valence-corrected chi connectivity index (χ1v) is 13.4. The third-order valence-electron chi connectivity index (χ3n) is 5.20. The summed E-state index contributed by atoms with van der Waals surface area (Å²) in [6.45, 7) is 2.44. The SMILES string of the molecule is C#CCn1c(=NC(=O)C2CCCN2S(=O)(=O)c2cccs2)sc2cc(C(=O)OCC)ccc21. The van der Waals surface area contributed by atoms with Crippen LogP contribution in [0, 0.1) is 12.3 Å². The van der Waals surface area contributed by atoms with E-state index < -0.39 is 27.9 Å². The van der Waals surface area contributed by atoms with Gasteiger partial charge in [0.15, 0.2) is 4.80 Å². The van der Waals surface area contributed by atoms with Crippen LogP contribution < -0.4 is 4.80 Å². The van der Waals surface area contributed by atoms with Crippen molar-refractivity contribution in [1.29, 1.82) is 0 Å². The number of hydrogen-bond donors (Lipinski definition) is 0. The summed E-state index contributed by atoms with van der Waals surface area (Å²) in [6, 6.07) is 7.39. The Balaban J connectivity index is 1.72. The molecule has 8 nitrogen and oxygen atoms in total. The first kappa shape index (κ1) is 23.4. The van der Waals surface area contributed by atoms with Crippen LogP contribution in [0.25, 0.3) is 10.2 Å². The first-order chi connectivity index (χ1) is 15.9. The number of terminal acetylenes is 1. The van der Waals surface area contributed by atoms with Gasteiger partial charge >= 0.3 is 5.97 Å². The number of carbonyl (C=O) groups excluding carboxylic acids is 2. The van der Waals surface area contributed by atoms with Gasteiger partial charge in [-0.15, -0.1) is 17.8 Å². The summed E-state index contributed by atoms with van der Waals surface area (Å²) in [5.41, 5.74) is 1.12. The highest BCUT2D eigenvalue weighted by Crippen LogP contribution is 2.29. The van der Waals surface area contributed by atoms with E-state index in [1.165, 1.54) is 21.7 Å². The fraction of sp³-hybridized carbons (Fsp3) is 0.318. The van der Waals surface area contributed by atoms with E-state index in [0.29, 0.717) is 23.2 Å². The normalized spacial score (nSPS) is 17.3. The van der Waals surface area contributed by atoms with E-state index in [0.717, 1.165) is 21.6 Å². The van der Waals surface area contributed by atoms with Gasteiger partial charge in [0.2, 0.25) is 0 Å². The summed E-state index contributed by atoms with van der Waals surface area (Å²) >= 11 is 2.33. The van der Waals surface area contributed by atoms with Crippen LogP contribution in [0.4, 0.5) is 0 Å². The molecule has 2 aromatic heterocycles. The molecule has 1 unspecified atom stereocenters. The average molecular weight is 504 g/mol. The number of carbonyl (C=O) groups is 2. The molecule has 0 aliphatic carbocycles. The number of thiophene rings is 1. The maximum absolute atomic E-state index is 13.1. The van der Waals surface area contributed by atoms with Crippen LogP contribution >= 0.6 is 22.7 Å². The second-order valence-electron chi connectivity index (χ2n) is 7.23. The molecule has 0 saturated carbocycles. The third-order valence-corrected chi connectivity index (χ3v) is 9.52. The lowest BCUT2D eigenvalue weighted by Gasteiger charge is -2.20. The summed E-state index contributed by atoms with van der Waals surface area (Å²) in [5, 5.41) is 1.69. The number of aromatic nitrogens is 1. The number of rotatable bonds is 6. The molecule has 1 aliphatic heterocycles. The molecule has 1 aromatic carbocycles. The Bertz CT molecular complexity index is 1410.